The normalized spacial score (nSPS) is 11.2. The van der Waals surface area contributed by atoms with Crippen LogP contribution in [0.2, 0.25) is 0 Å². The van der Waals surface area contributed by atoms with E-state index >= 15 is 0 Å². The molecule has 0 bridgehead atoms. The average molecular weight is 416 g/mol. The molecule has 0 radical (unpaired) electrons. The van der Waals surface area contributed by atoms with Crippen LogP contribution in [-0.2, 0) is 13.1 Å². The number of ether oxygens (including phenoxy) is 2. The molecule has 0 heterocycles. The maximum atomic E-state index is 12.2. The van der Waals surface area contributed by atoms with Gasteiger partial charge in [-0.25, -0.2) is 0 Å². The maximum absolute atomic E-state index is 12.2. The topological polar surface area (TPSA) is 73.6 Å². The summed E-state index contributed by atoms with van der Waals surface area (Å²) < 4.78 is 46.1. The first-order chi connectivity index (χ1) is 14.3. The number of amides is 1. The Morgan fingerprint density at radius 1 is 0.833 bits per heavy atom. The highest BCUT2D eigenvalue weighted by molar-refractivity contribution is 5.95. The van der Waals surface area contributed by atoms with E-state index in [9.17, 15) is 18.0 Å². The summed E-state index contributed by atoms with van der Waals surface area (Å²) in [5.74, 6) is 0.130. The van der Waals surface area contributed by atoms with Crippen molar-refractivity contribution in [2.75, 3.05) is 0 Å². The number of carbonyl (C=O) groups excluding carboxylic acids is 1. The molecular formula is C22H19F3N2O3. The number of rotatable bonds is 8. The van der Waals surface area contributed by atoms with Crippen molar-refractivity contribution in [2.24, 2.45) is 5.73 Å². The van der Waals surface area contributed by atoms with Crippen LogP contribution in [0.5, 0.6) is 17.2 Å². The smallest absolute Gasteiger partial charge is 0.457 e. The number of para-hydroxylation sites is 1. The first-order valence-corrected chi connectivity index (χ1v) is 9.01. The van der Waals surface area contributed by atoms with Crippen molar-refractivity contribution in [1.82, 2.24) is 5.32 Å². The van der Waals surface area contributed by atoms with Gasteiger partial charge in [-0.3, -0.25) is 4.79 Å². The molecule has 0 saturated carbocycles. The van der Waals surface area contributed by atoms with Crippen LogP contribution in [0.1, 0.15) is 21.5 Å². The summed E-state index contributed by atoms with van der Waals surface area (Å²) in [5, 5.41) is 3.21. The highest BCUT2D eigenvalue weighted by atomic mass is 19.4. The monoisotopic (exact) mass is 416 g/mol. The second kappa shape index (κ2) is 9.32. The lowest BCUT2D eigenvalue weighted by Gasteiger charge is -2.11. The van der Waals surface area contributed by atoms with Crippen molar-refractivity contribution in [2.45, 2.75) is 19.5 Å². The van der Waals surface area contributed by atoms with E-state index in [1.807, 2.05) is 12.1 Å². The number of nitrogens with two attached hydrogens (primary N) is 1. The Morgan fingerprint density at radius 2 is 1.37 bits per heavy atom. The molecule has 3 aromatic carbocycles. The Labute approximate surface area is 171 Å². The van der Waals surface area contributed by atoms with Gasteiger partial charge in [0.1, 0.15) is 17.2 Å². The number of alkyl halides is 3. The highest BCUT2D eigenvalue weighted by Gasteiger charge is 2.30. The average Bonchev–Trinajstić information content (AvgIpc) is 2.70. The Morgan fingerprint density at radius 3 is 1.90 bits per heavy atom. The number of hydrogen-bond acceptors (Lipinski definition) is 4. The van der Waals surface area contributed by atoms with Gasteiger partial charge < -0.3 is 20.5 Å². The molecule has 3 aromatic rings. The minimum absolute atomic E-state index is 0.250. The number of carbonyl (C=O) groups is 1. The van der Waals surface area contributed by atoms with Crippen LogP contribution < -0.4 is 20.5 Å². The minimum atomic E-state index is -4.70. The van der Waals surface area contributed by atoms with E-state index < -0.39 is 12.3 Å². The molecule has 0 saturated heterocycles. The van der Waals surface area contributed by atoms with Gasteiger partial charge in [-0.15, -0.1) is 13.2 Å². The van der Waals surface area contributed by atoms with Crippen LogP contribution >= 0.6 is 0 Å². The van der Waals surface area contributed by atoms with Gasteiger partial charge in [-0.2, -0.15) is 0 Å². The van der Waals surface area contributed by atoms with Crippen LogP contribution in [-0.4, -0.2) is 12.3 Å². The molecule has 1 amide bonds. The van der Waals surface area contributed by atoms with Crippen LogP contribution in [0.4, 0.5) is 13.2 Å². The lowest BCUT2D eigenvalue weighted by Crippen LogP contribution is -2.17. The van der Waals surface area contributed by atoms with E-state index in [1.165, 1.54) is 12.1 Å². The van der Waals surface area contributed by atoms with E-state index in [0.29, 0.717) is 30.2 Å². The second-order valence-corrected chi connectivity index (χ2v) is 6.40. The molecule has 5 nitrogen and oxygen atoms in total. The molecule has 0 unspecified atom stereocenters. The van der Waals surface area contributed by atoms with Gasteiger partial charge in [0.15, 0.2) is 0 Å². The number of benzene rings is 3. The van der Waals surface area contributed by atoms with Gasteiger partial charge in [-0.1, -0.05) is 36.4 Å². The van der Waals surface area contributed by atoms with Gasteiger partial charge >= 0.3 is 6.36 Å². The molecule has 8 heteroatoms. The van der Waals surface area contributed by atoms with Gasteiger partial charge in [0, 0.05) is 13.1 Å². The third-order valence-corrected chi connectivity index (χ3v) is 4.12. The minimum Gasteiger partial charge on any atom is -0.457 e. The van der Waals surface area contributed by atoms with E-state index in [1.54, 1.807) is 48.5 Å². The fourth-order valence-corrected chi connectivity index (χ4v) is 2.72. The predicted octanol–water partition coefficient (Wildman–Crippen LogP) is 4.77. The highest BCUT2D eigenvalue weighted by Crippen LogP contribution is 2.25. The molecule has 0 spiro atoms. The van der Waals surface area contributed by atoms with Crippen molar-refractivity contribution in [1.29, 1.82) is 0 Å². The largest absolute Gasteiger partial charge is 0.573 e. The van der Waals surface area contributed by atoms with Crippen LogP contribution in [0.25, 0.3) is 0 Å². The van der Waals surface area contributed by atoms with E-state index in [2.05, 4.69) is 10.1 Å². The Hall–Kier alpha value is -3.52. The van der Waals surface area contributed by atoms with Crippen LogP contribution in [0, 0.1) is 0 Å². The van der Waals surface area contributed by atoms with Crippen molar-refractivity contribution in [3.63, 3.8) is 0 Å². The zero-order valence-corrected chi connectivity index (χ0v) is 15.8. The molecular weight excluding hydrogens is 397 g/mol. The molecule has 3 rings (SSSR count). The Balaban J connectivity index is 1.51. The standard InChI is InChI=1S/C22H19F3N2O3/c23-22(24,25)30-18-11-7-16(8-12-18)14-27-13-15-5-9-17(10-6-15)29-20-4-2-1-3-19(20)21(26)28/h1-12,27H,13-14H2,(H2,26,28). The van der Waals surface area contributed by atoms with Crippen molar-refractivity contribution < 1.29 is 27.4 Å². The molecule has 0 atom stereocenters. The molecule has 156 valence electrons. The fraction of sp³-hybridized carbons (Fsp3) is 0.136. The Bertz CT molecular complexity index is 988. The van der Waals surface area contributed by atoms with Crippen LogP contribution in [0.3, 0.4) is 0 Å². The summed E-state index contributed by atoms with van der Waals surface area (Å²) in [6.45, 7) is 1.04. The third kappa shape index (κ3) is 6.25. The molecule has 0 aliphatic rings. The fourth-order valence-electron chi connectivity index (χ4n) is 2.72. The summed E-state index contributed by atoms with van der Waals surface area (Å²) >= 11 is 0. The molecule has 0 aliphatic carbocycles. The molecule has 0 fully saturated rings. The van der Waals surface area contributed by atoms with Crippen molar-refractivity contribution in [3.8, 4) is 17.2 Å². The quantitative estimate of drug-likeness (QED) is 0.555. The van der Waals surface area contributed by atoms with Gasteiger partial charge in [0.25, 0.3) is 5.91 Å². The molecule has 3 N–H and O–H groups in total. The van der Waals surface area contributed by atoms with E-state index in [4.69, 9.17) is 10.5 Å². The molecule has 30 heavy (non-hydrogen) atoms. The van der Waals surface area contributed by atoms with Gasteiger partial charge in [0.05, 0.1) is 5.56 Å². The summed E-state index contributed by atoms with van der Waals surface area (Å²) in [7, 11) is 0. The van der Waals surface area contributed by atoms with E-state index in [0.717, 1.165) is 11.1 Å². The zero-order valence-electron chi connectivity index (χ0n) is 15.8. The molecule has 0 aromatic heterocycles. The zero-order chi connectivity index (χ0) is 21.6. The summed E-state index contributed by atoms with van der Waals surface area (Å²) in [5.41, 5.74) is 7.46. The van der Waals surface area contributed by atoms with Crippen molar-refractivity contribution >= 4 is 5.91 Å². The van der Waals surface area contributed by atoms with E-state index in [-0.39, 0.29) is 5.75 Å². The summed E-state index contributed by atoms with van der Waals surface area (Å²) in [6.07, 6.45) is -4.70. The summed E-state index contributed by atoms with van der Waals surface area (Å²) in [4.78, 5) is 11.5. The van der Waals surface area contributed by atoms with Gasteiger partial charge in [0.2, 0.25) is 0 Å². The maximum Gasteiger partial charge on any atom is 0.573 e. The SMILES string of the molecule is NC(=O)c1ccccc1Oc1ccc(CNCc2ccc(OC(F)(F)F)cc2)cc1. The first kappa shape index (κ1) is 21.2. The van der Waals surface area contributed by atoms with Gasteiger partial charge in [-0.05, 0) is 47.5 Å². The van der Waals surface area contributed by atoms with Crippen molar-refractivity contribution in [3.05, 3.63) is 89.5 Å². The summed E-state index contributed by atoms with van der Waals surface area (Å²) in [6, 6.07) is 19.7. The molecule has 0 aliphatic heterocycles. The van der Waals surface area contributed by atoms with Crippen LogP contribution in [0.15, 0.2) is 72.8 Å². The lowest BCUT2D eigenvalue weighted by molar-refractivity contribution is -0.274. The lowest BCUT2D eigenvalue weighted by atomic mass is 10.2. The number of hydrogen-bond donors (Lipinski definition) is 2. The third-order valence-electron chi connectivity index (χ3n) is 4.12. The first-order valence-electron chi connectivity index (χ1n) is 9.01. The number of halogens is 3. The number of nitrogens with one attached hydrogen (secondary N) is 1. The number of primary amides is 1. The second-order valence-electron chi connectivity index (χ2n) is 6.40. The predicted molar refractivity (Wildman–Crippen MR) is 105 cm³/mol. The Kier molecular flexibility index (Phi) is 6.58.